The van der Waals surface area contributed by atoms with Crippen LogP contribution in [0.25, 0.3) is 11.0 Å². The van der Waals surface area contributed by atoms with Crippen molar-refractivity contribution in [3.05, 3.63) is 52.3 Å². The fourth-order valence-corrected chi connectivity index (χ4v) is 5.52. The van der Waals surface area contributed by atoms with E-state index in [2.05, 4.69) is 63.7 Å². The summed E-state index contributed by atoms with van der Waals surface area (Å²) >= 11 is 3.58. The van der Waals surface area contributed by atoms with Gasteiger partial charge in [0.1, 0.15) is 18.4 Å². The van der Waals surface area contributed by atoms with E-state index in [1.165, 1.54) is 0 Å². The molecule has 0 bridgehead atoms. The van der Waals surface area contributed by atoms with E-state index in [-0.39, 0.29) is 5.54 Å². The Hall–Kier alpha value is -2.25. The third-order valence-electron chi connectivity index (χ3n) is 6.28. The van der Waals surface area contributed by atoms with Gasteiger partial charge in [-0.2, -0.15) is 10.2 Å². The number of hydrogen-bond donors (Lipinski definition) is 1. The molecule has 1 aliphatic heterocycles. The monoisotopic (exact) mass is 526 g/mol. The lowest BCUT2D eigenvalue weighted by atomic mass is 9.82. The first kappa shape index (κ1) is 23.9. The highest BCUT2D eigenvalue weighted by Crippen LogP contribution is 2.33. The lowest BCUT2D eigenvalue weighted by Crippen LogP contribution is -2.48. The first-order valence-electron chi connectivity index (χ1n) is 11.3. The number of nitrogens with zero attached hydrogens (tertiary/aromatic N) is 5. The van der Waals surface area contributed by atoms with E-state index in [1.54, 1.807) is 0 Å². The van der Waals surface area contributed by atoms with Crippen molar-refractivity contribution >= 4 is 41.0 Å². The number of rotatable bonds is 7. The molecule has 33 heavy (non-hydrogen) atoms. The van der Waals surface area contributed by atoms with Gasteiger partial charge in [-0.05, 0) is 40.4 Å². The van der Waals surface area contributed by atoms with Crippen LogP contribution in [-0.4, -0.2) is 42.3 Å². The summed E-state index contributed by atoms with van der Waals surface area (Å²) in [4.78, 5) is 11.6. The van der Waals surface area contributed by atoms with Crippen molar-refractivity contribution in [2.75, 3.05) is 24.6 Å². The maximum Gasteiger partial charge on any atom is 0.228 e. The molecule has 0 amide bonds. The van der Waals surface area contributed by atoms with Gasteiger partial charge in [-0.15, -0.1) is 0 Å². The van der Waals surface area contributed by atoms with Gasteiger partial charge < -0.3 is 19.9 Å². The van der Waals surface area contributed by atoms with Gasteiger partial charge in [-0.1, -0.05) is 50.0 Å². The van der Waals surface area contributed by atoms with E-state index in [1.807, 2.05) is 29.0 Å². The zero-order valence-electron chi connectivity index (χ0n) is 19.5. The van der Waals surface area contributed by atoms with Crippen LogP contribution in [0.1, 0.15) is 24.1 Å². The number of piperidine rings is 1. The number of ether oxygens (including phenoxy) is 1. The second-order valence-electron chi connectivity index (χ2n) is 9.99. The van der Waals surface area contributed by atoms with Crippen LogP contribution in [0, 0.1) is 11.3 Å². The number of nitrogens with two attached hydrogens (primary N) is 1. The highest BCUT2D eigenvalue weighted by atomic mass is 79.9. The fourth-order valence-electron chi connectivity index (χ4n) is 4.15. The minimum Gasteiger partial charge on any atom is -0.361 e. The minimum atomic E-state index is -1.16. The van der Waals surface area contributed by atoms with Crippen molar-refractivity contribution in [3.8, 4) is 6.07 Å². The molecule has 2 aromatic heterocycles. The number of anilines is 1. The number of nitriles is 1. The summed E-state index contributed by atoms with van der Waals surface area (Å²) in [5, 5.41) is 10.5. The molecular weight excluding hydrogens is 496 g/mol. The molecule has 3 aromatic rings. The molecule has 3 heterocycles. The van der Waals surface area contributed by atoms with Gasteiger partial charge in [0.2, 0.25) is 5.95 Å². The van der Waals surface area contributed by atoms with Crippen LogP contribution in [0.3, 0.4) is 0 Å². The maximum atomic E-state index is 9.79. The predicted molar refractivity (Wildman–Crippen MR) is 138 cm³/mol. The Balaban J connectivity index is 1.56. The van der Waals surface area contributed by atoms with Crippen LogP contribution in [0.4, 0.5) is 5.95 Å². The van der Waals surface area contributed by atoms with Crippen molar-refractivity contribution in [3.63, 3.8) is 0 Å². The molecule has 1 fully saturated rings. The van der Waals surface area contributed by atoms with Crippen molar-refractivity contribution in [2.24, 2.45) is 5.73 Å². The molecule has 0 spiro atoms. The standard InChI is InChI=1S/C24H31BrN6OSi/c1-33(2,3)14-13-32-17-31-16-19(25)21-20(15-26)28-23(29-22(21)31)30-11-9-24(27,10-12-30)18-7-5-4-6-8-18/h4-8,16H,9-14,17,27H2,1-3H3. The molecule has 2 N–H and O–H groups in total. The van der Waals surface area contributed by atoms with E-state index in [0.717, 1.165) is 54.0 Å². The molecule has 0 radical (unpaired) electrons. The Labute approximate surface area is 204 Å². The van der Waals surface area contributed by atoms with Crippen LogP contribution < -0.4 is 10.6 Å². The number of aromatic nitrogens is 3. The van der Waals surface area contributed by atoms with Crippen molar-refractivity contribution in [1.82, 2.24) is 14.5 Å². The summed E-state index contributed by atoms with van der Waals surface area (Å²) in [6.07, 6.45) is 3.52. The average molecular weight is 528 g/mol. The summed E-state index contributed by atoms with van der Waals surface area (Å²) in [5.41, 5.74) is 8.64. The molecule has 1 aliphatic rings. The Morgan fingerprint density at radius 3 is 2.52 bits per heavy atom. The second kappa shape index (κ2) is 9.55. The molecule has 1 aromatic carbocycles. The van der Waals surface area contributed by atoms with Gasteiger partial charge in [-0.3, -0.25) is 0 Å². The zero-order chi connectivity index (χ0) is 23.6. The number of hydrogen-bond acceptors (Lipinski definition) is 6. The average Bonchev–Trinajstić information content (AvgIpc) is 3.12. The number of benzene rings is 1. The van der Waals surface area contributed by atoms with E-state index < -0.39 is 8.07 Å². The van der Waals surface area contributed by atoms with Gasteiger partial charge >= 0.3 is 0 Å². The molecule has 0 unspecified atom stereocenters. The van der Waals surface area contributed by atoms with E-state index in [9.17, 15) is 5.26 Å². The zero-order valence-corrected chi connectivity index (χ0v) is 22.1. The Morgan fingerprint density at radius 1 is 1.18 bits per heavy atom. The first-order valence-corrected chi connectivity index (χ1v) is 15.8. The third-order valence-corrected chi connectivity index (χ3v) is 8.58. The summed E-state index contributed by atoms with van der Waals surface area (Å²) in [6, 6.07) is 13.6. The van der Waals surface area contributed by atoms with Crippen LogP contribution in [-0.2, 0) is 17.0 Å². The van der Waals surface area contributed by atoms with E-state index >= 15 is 0 Å². The Kier molecular flexibility index (Phi) is 6.91. The molecule has 174 valence electrons. The smallest absolute Gasteiger partial charge is 0.228 e. The maximum absolute atomic E-state index is 9.79. The van der Waals surface area contributed by atoms with Crippen LogP contribution in [0.15, 0.2) is 41.0 Å². The van der Waals surface area contributed by atoms with Crippen LogP contribution in [0.2, 0.25) is 25.7 Å². The third kappa shape index (κ3) is 5.30. The molecule has 0 atom stereocenters. The molecule has 1 saturated heterocycles. The van der Waals surface area contributed by atoms with Crippen molar-refractivity contribution in [2.45, 2.75) is 50.8 Å². The summed E-state index contributed by atoms with van der Waals surface area (Å²) in [7, 11) is -1.16. The Bertz CT molecular complexity index is 1160. The molecule has 0 aliphatic carbocycles. The minimum absolute atomic E-state index is 0.354. The van der Waals surface area contributed by atoms with Gasteiger partial charge in [0, 0.05) is 44.0 Å². The second-order valence-corrected chi connectivity index (χ2v) is 16.5. The van der Waals surface area contributed by atoms with Crippen molar-refractivity contribution in [1.29, 1.82) is 5.26 Å². The van der Waals surface area contributed by atoms with E-state index in [4.69, 9.17) is 15.5 Å². The van der Waals surface area contributed by atoms with E-state index in [0.29, 0.717) is 24.0 Å². The molecular formula is C24H31BrN6OSi. The van der Waals surface area contributed by atoms with Gasteiger partial charge in [0.15, 0.2) is 5.69 Å². The van der Waals surface area contributed by atoms with Crippen molar-refractivity contribution < 1.29 is 4.74 Å². The lowest BCUT2D eigenvalue weighted by Gasteiger charge is -2.39. The fraction of sp³-hybridized carbons (Fsp3) is 0.458. The van der Waals surface area contributed by atoms with Gasteiger partial charge in [-0.25, -0.2) is 4.98 Å². The van der Waals surface area contributed by atoms with Crippen LogP contribution >= 0.6 is 15.9 Å². The molecule has 4 rings (SSSR count). The molecule has 0 saturated carbocycles. The molecule has 9 heteroatoms. The van der Waals surface area contributed by atoms with Crippen LogP contribution in [0.5, 0.6) is 0 Å². The van der Waals surface area contributed by atoms with Gasteiger partial charge in [0.05, 0.1) is 5.39 Å². The summed E-state index contributed by atoms with van der Waals surface area (Å²) in [5.74, 6) is 0.572. The first-order chi connectivity index (χ1) is 15.7. The summed E-state index contributed by atoms with van der Waals surface area (Å²) in [6.45, 7) is 9.59. The number of fused-ring (bicyclic) bond motifs is 1. The Morgan fingerprint density at radius 2 is 1.88 bits per heavy atom. The molecule has 7 nitrogen and oxygen atoms in total. The highest BCUT2D eigenvalue weighted by Gasteiger charge is 2.33. The summed E-state index contributed by atoms with van der Waals surface area (Å²) < 4.78 is 8.71. The topological polar surface area (TPSA) is 93.0 Å². The SMILES string of the molecule is C[Si](C)(C)CCOCn1cc(Br)c2c(C#N)nc(N3CCC(N)(c4ccccc4)CC3)nc21. The quantitative estimate of drug-likeness (QED) is 0.350. The highest BCUT2D eigenvalue weighted by molar-refractivity contribution is 9.10. The number of halogens is 1. The lowest BCUT2D eigenvalue weighted by molar-refractivity contribution is 0.0898. The van der Waals surface area contributed by atoms with Gasteiger partial charge in [0.25, 0.3) is 0 Å². The largest absolute Gasteiger partial charge is 0.361 e. The normalized spacial score (nSPS) is 16.2. The predicted octanol–water partition coefficient (Wildman–Crippen LogP) is 4.83.